The van der Waals surface area contributed by atoms with Crippen LogP contribution in [0.3, 0.4) is 0 Å². The van der Waals surface area contributed by atoms with E-state index in [1.807, 2.05) is 0 Å². The largest absolute Gasteiger partial charge is 0.489 e. The smallest absolute Gasteiger partial charge is 0.122 e. The van der Waals surface area contributed by atoms with Crippen LogP contribution in [-0.4, -0.2) is 12.1 Å². The molecule has 1 aliphatic carbocycles. The summed E-state index contributed by atoms with van der Waals surface area (Å²) in [6.45, 7) is 6.37. The summed E-state index contributed by atoms with van der Waals surface area (Å²) in [6, 6.07) is 4.54. The zero-order valence-corrected chi connectivity index (χ0v) is 11.1. The lowest BCUT2D eigenvalue weighted by atomic mass is 9.93. The van der Waals surface area contributed by atoms with Gasteiger partial charge in [0.05, 0.1) is 0 Å². The van der Waals surface area contributed by atoms with Crippen molar-refractivity contribution in [2.24, 2.45) is 5.73 Å². The average molecular weight is 233 g/mol. The van der Waals surface area contributed by atoms with Gasteiger partial charge in [0.25, 0.3) is 0 Å². The molecule has 2 rings (SSSR count). The van der Waals surface area contributed by atoms with Gasteiger partial charge in [0.2, 0.25) is 0 Å². The maximum Gasteiger partial charge on any atom is 0.122 e. The Morgan fingerprint density at radius 3 is 2.35 bits per heavy atom. The monoisotopic (exact) mass is 233 g/mol. The summed E-state index contributed by atoms with van der Waals surface area (Å²) < 4.78 is 6.11. The molecule has 2 N–H and O–H groups in total. The lowest BCUT2D eigenvalue weighted by molar-refractivity contribution is 0.131. The van der Waals surface area contributed by atoms with Gasteiger partial charge in [-0.25, -0.2) is 0 Å². The first-order valence-electron chi connectivity index (χ1n) is 6.58. The van der Waals surface area contributed by atoms with Crippen LogP contribution in [0.5, 0.6) is 5.75 Å². The van der Waals surface area contributed by atoms with Crippen molar-refractivity contribution in [3.05, 3.63) is 28.8 Å². The van der Waals surface area contributed by atoms with E-state index in [4.69, 9.17) is 10.5 Å². The summed E-state index contributed by atoms with van der Waals surface area (Å²) in [4.78, 5) is 0. The molecule has 17 heavy (non-hydrogen) atoms. The van der Waals surface area contributed by atoms with Gasteiger partial charge >= 0.3 is 0 Å². The first-order chi connectivity index (χ1) is 8.08. The maximum atomic E-state index is 6.12. The molecule has 0 saturated heterocycles. The third-order valence-corrected chi connectivity index (χ3v) is 3.82. The zero-order chi connectivity index (χ0) is 12.4. The summed E-state index contributed by atoms with van der Waals surface area (Å²) in [7, 11) is 0. The SMILES string of the molecule is Cc1cc(C)c(OC2CCCCC2N)cc1C. The van der Waals surface area contributed by atoms with Gasteiger partial charge in [-0.1, -0.05) is 12.5 Å². The number of rotatable bonds is 2. The normalized spacial score (nSPS) is 24.7. The fourth-order valence-corrected chi connectivity index (χ4v) is 2.50. The highest BCUT2D eigenvalue weighted by Gasteiger charge is 2.23. The summed E-state index contributed by atoms with van der Waals surface area (Å²) in [5.74, 6) is 1.01. The lowest BCUT2D eigenvalue weighted by Crippen LogP contribution is -2.41. The third-order valence-electron chi connectivity index (χ3n) is 3.82. The van der Waals surface area contributed by atoms with Crippen molar-refractivity contribution < 1.29 is 4.74 Å². The molecule has 1 saturated carbocycles. The van der Waals surface area contributed by atoms with Gasteiger partial charge in [0.1, 0.15) is 11.9 Å². The summed E-state index contributed by atoms with van der Waals surface area (Å²) in [5, 5.41) is 0. The van der Waals surface area contributed by atoms with E-state index < -0.39 is 0 Å². The van der Waals surface area contributed by atoms with Crippen LogP contribution in [0.15, 0.2) is 12.1 Å². The van der Waals surface area contributed by atoms with Crippen LogP contribution >= 0.6 is 0 Å². The minimum absolute atomic E-state index is 0.199. The predicted octanol–water partition coefficient (Wildman–Crippen LogP) is 3.26. The first-order valence-corrected chi connectivity index (χ1v) is 6.58. The predicted molar refractivity (Wildman–Crippen MR) is 71.5 cm³/mol. The van der Waals surface area contributed by atoms with Gasteiger partial charge in [-0.05, 0) is 62.8 Å². The molecule has 2 atom stereocenters. The van der Waals surface area contributed by atoms with E-state index in [0.29, 0.717) is 0 Å². The Hall–Kier alpha value is -1.02. The van der Waals surface area contributed by atoms with Gasteiger partial charge in [0.15, 0.2) is 0 Å². The van der Waals surface area contributed by atoms with E-state index in [1.165, 1.54) is 29.5 Å². The zero-order valence-electron chi connectivity index (χ0n) is 11.1. The van der Waals surface area contributed by atoms with Crippen molar-refractivity contribution in [3.63, 3.8) is 0 Å². The molecule has 1 aromatic rings. The molecule has 0 aliphatic heterocycles. The molecule has 94 valence electrons. The Labute approximate surface area is 104 Å². The maximum absolute atomic E-state index is 6.12. The Morgan fingerprint density at radius 2 is 1.65 bits per heavy atom. The van der Waals surface area contributed by atoms with Crippen molar-refractivity contribution in [3.8, 4) is 5.75 Å². The quantitative estimate of drug-likeness (QED) is 0.851. The number of ether oxygens (including phenoxy) is 1. The van der Waals surface area contributed by atoms with E-state index in [-0.39, 0.29) is 12.1 Å². The van der Waals surface area contributed by atoms with Gasteiger partial charge < -0.3 is 10.5 Å². The molecule has 0 radical (unpaired) electrons. The van der Waals surface area contributed by atoms with Crippen LogP contribution in [0.4, 0.5) is 0 Å². The number of aryl methyl sites for hydroxylation is 3. The second-order valence-corrected chi connectivity index (χ2v) is 5.31. The van der Waals surface area contributed by atoms with E-state index in [9.17, 15) is 0 Å². The molecular formula is C15H23NO. The minimum atomic E-state index is 0.199. The molecule has 2 unspecified atom stereocenters. The van der Waals surface area contributed by atoms with Gasteiger partial charge in [0, 0.05) is 6.04 Å². The van der Waals surface area contributed by atoms with E-state index in [0.717, 1.165) is 18.6 Å². The highest BCUT2D eigenvalue weighted by atomic mass is 16.5. The molecule has 2 heteroatoms. The second kappa shape index (κ2) is 5.09. The average Bonchev–Trinajstić information content (AvgIpc) is 2.29. The van der Waals surface area contributed by atoms with Gasteiger partial charge in [-0.2, -0.15) is 0 Å². The summed E-state index contributed by atoms with van der Waals surface area (Å²) in [6.07, 6.45) is 4.86. The van der Waals surface area contributed by atoms with Crippen molar-refractivity contribution in [2.75, 3.05) is 0 Å². The van der Waals surface area contributed by atoms with Crippen molar-refractivity contribution in [1.82, 2.24) is 0 Å². The number of hydrogen-bond donors (Lipinski definition) is 1. The molecule has 1 aromatic carbocycles. The minimum Gasteiger partial charge on any atom is -0.489 e. The lowest BCUT2D eigenvalue weighted by Gasteiger charge is -2.30. The van der Waals surface area contributed by atoms with Crippen LogP contribution in [0.2, 0.25) is 0 Å². The fourth-order valence-electron chi connectivity index (χ4n) is 2.50. The van der Waals surface area contributed by atoms with Crippen LogP contribution in [0.25, 0.3) is 0 Å². The van der Waals surface area contributed by atoms with E-state index in [1.54, 1.807) is 0 Å². The van der Waals surface area contributed by atoms with Crippen molar-refractivity contribution in [1.29, 1.82) is 0 Å². The first kappa shape index (κ1) is 12.4. The number of benzene rings is 1. The van der Waals surface area contributed by atoms with Crippen LogP contribution in [0, 0.1) is 20.8 Å². The van der Waals surface area contributed by atoms with E-state index in [2.05, 4.69) is 32.9 Å². The fraction of sp³-hybridized carbons (Fsp3) is 0.600. The van der Waals surface area contributed by atoms with Gasteiger partial charge in [-0.15, -0.1) is 0 Å². The number of nitrogens with two attached hydrogens (primary N) is 1. The van der Waals surface area contributed by atoms with Gasteiger partial charge in [-0.3, -0.25) is 0 Å². The Morgan fingerprint density at radius 1 is 1.00 bits per heavy atom. The van der Waals surface area contributed by atoms with Crippen LogP contribution in [0.1, 0.15) is 42.4 Å². The Bertz CT molecular complexity index is 400. The molecule has 0 spiro atoms. The molecule has 0 heterocycles. The summed E-state index contributed by atoms with van der Waals surface area (Å²) >= 11 is 0. The molecule has 2 nitrogen and oxygen atoms in total. The Balaban J connectivity index is 2.15. The third kappa shape index (κ3) is 2.81. The highest BCUT2D eigenvalue weighted by Crippen LogP contribution is 2.27. The molecular weight excluding hydrogens is 210 g/mol. The van der Waals surface area contributed by atoms with Crippen LogP contribution < -0.4 is 10.5 Å². The molecule has 1 fully saturated rings. The molecule has 1 aliphatic rings. The second-order valence-electron chi connectivity index (χ2n) is 5.31. The Kier molecular flexibility index (Phi) is 3.72. The van der Waals surface area contributed by atoms with Crippen LogP contribution in [-0.2, 0) is 0 Å². The molecule has 0 bridgehead atoms. The topological polar surface area (TPSA) is 35.2 Å². The van der Waals surface area contributed by atoms with E-state index >= 15 is 0 Å². The van der Waals surface area contributed by atoms with Crippen molar-refractivity contribution in [2.45, 2.75) is 58.6 Å². The number of hydrogen-bond acceptors (Lipinski definition) is 2. The summed E-state index contributed by atoms with van der Waals surface area (Å²) in [5.41, 5.74) is 9.94. The molecule has 0 aromatic heterocycles. The van der Waals surface area contributed by atoms with Crippen molar-refractivity contribution >= 4 is 0 Å². The molecule has 0 amide bonds. The standard InChI is InChI=1S/C15H23NO/c1-10-8-12(3)15(9-11(10)2)17-14-7-5-4-6-13(14)16/h8-9,13-14H,4-7,16H2,1-3H3. The highest BCUT2D eigenvalue weighted by molar-refractivity contribution is 5.41.